The standard InChI is InChI=1S/C25H24F4N4O2S/c1-14(25(27,28)29)32-36(34,35)17-8-9-22(31-13-17)24-20(12-30)19-10-21(26)18(15-6-7-15)11-23(19)33(24)16-4-2-3-5-16/h8-11,13-16,32H,2-7H2,1H3. The fraction of sp³-hybridized carbons (Fsp3) is 0.440. The van der Waals surface area contributed by atoms with E-state index in [1.165, 1.54) is 18.2 Å². The summed E-state index contributed by atoms with van der Waals surface area (Å²) in [6, 6.07) is 5.75. The number of hydrogen-bond acceptors (Lipinski definition) is 4. The third-order valence-electron chi connectivity index (χ3n) is 7.05. The molecule has 1 atom stereocenters. The maximum Gasteiger partial charge on any atom is 0.404 e. The first kappa shape index (κ1) is 24.7. The van der Waals surface area contributed by atoms with Crippen molar-refractivity contribution in [2.75, 3.05) is 0 Å². The first-order valence-corrected chi connectivity index (χ1v) is 13.3. The Kier molecular flexibility index (Phi) is 6.08. The lowest BCUT2D eigenvalue weighted by molar-refractivity contribution is -0.147. The number of nitrogens with one attached hydrogen (secondary N) is 1. The monoisotopic (exact) mass is 520 g/mol. The van der Waals surface area contributed by atoms with E-state index < -0.39 is 27.1 Å². The van der Waals surface area contributed by atoms with Crippen LogP contribution in [0.15, 0.2) is 35.4 Å². The molecule has 2 saturated carbocycles. The summed E-state index contributed by atoms with van der Waals surface area (Å²) in [7, 11) is -4.48. The maximum absolute atomic E-state index is 14.9. The van der Waals surface area contributed by atoms with Crippen molar-refractivity contribution < 1.29 is 26.0 Å². The van der Waals surface area contributed by atoms with Crippen molar-refractivity contribution in [2.24, 2.45) is 0 Å². The van der Waals surface area contributed by atoms with Crippen molar-refractivity contribution in [3.63, 3.8) is 0 Å². The topological polar surface area (TPSA) is 87.8 Å². The number of benzene rings is 1. The number of aromatic nitrogens is 2. The highest BCUT2D eigenvalue weighted by Gasteiger charge is 2.39. The SMILES string of the molecule is CC(NS(=O)(=O)c1ccc(-c2c(C#N)c3cc(F)c(C4CC4)cc3n2C2CCCC2)nc1)C(F)(F)F. The van der Waals surface area contributed by atoms with Crippen LogP contribution >= 0.6 is 0 Å². The Balaban J connectivity index is 1.63. The van der Waals surface area contributed by atoms with Crippen molar-refractivity contribution in [1.29, 1.82) is 5.26 Å². The van der Waals surface area contributed by atoms with E-state index in [0.717, 1.165) is 50.2 Å². The van der Waals surface area contributed by atoms with Gasteiger partial charge in [-0.25, -0.2) is 12.8 Å². The molecule has 36 heavy (non-hydrogen) atoms. The number of alkyl halides is 3. The molecule has 0 saturated heterocycles. The highest BCUT2D eigenvalue weighted by molar-refractivity contribution is 7.89. The number of halogens is 4. The number of sulfonamides is 1. The Morgan fingerprint density at radius 1 is 1.17 bits per heavy atom. The average molecular weight is 521 g/mol. The molecular weight excluding hydrogens is 496 g/mol. The van der Waals surface area contributed by atoms with E-state index in [0.29, 0.717) is 29.3 Å². The molecule has 1 aromatic carbocycles. The summed E-state index contributed by atoms with van der Waals surface area (Å²) in [5.41, 5.74) is 2.38. The van der Waals surface area contributed by atoms with Gasteiger partial charge in [-0.3, -0.25) is 4.98 Å². The van der Waals surface area contributed by atoms with Gasteiger partial charge < -0.3 is 4.57 Å². The summed E-state index contributed by atoms with van der Waals surface area (Å²) in [5.74, 6) is -0.180. The minimum absolute atomic E-state index is 0.0709. The van der Waals surface area contributed by atoms with Gasteiger partial charge >= 0.3 is 6.18 Å². The van der Waals surface area contributed by atoms with Gasteiger partial charge in [0.1, 0.15) is 22.8 Å². The number of hydrogen-bond donors (Lipinski definition) is 1. The van der Waals surface area contributed by atoms with E-state index in [9.17, 15) is 31.2 Å². The van der Waals surface area contributed by atoms with Gasteiger partial charge in [0.25, 0.3) is 0 Å². The lowest BCUT2D eigenvalue weighted by atomic mass is 10.0. The first-order chi connectivity index (χ1) is 17.0. The fourth-order valence-corrected chi connectivity index (χ4v) is 6.18. The molecule has 2 aliphatic rings. The number of fused-ring (bicyclic) bond motifs is 1. The predicted molar refractivity (Wildman–Crippen MR) is 125 cm³/mol. The van der Waals surface area contributed by atoms with Gasteiger partial charge in [0.2, 0.25) is 10.0 Å². The van der Waals surface area contributed by atoms with Crippen molar-refractivity contribution in [2.45, 2.75) is 74.5 Å². The maximum atomic E-state index is 14.9. The molecule has 11 heteroatoms. The van der Waals surface area contributed by atoms with Crippen LogP contribution in [0.2, 0.25) is 0 Å². The van der Waals surface area contributed by atoms with E-state index in [1.807, 2.05) is 10.6 Å². The molecule has 1 unspecified atom stereocenters. The Morgan fingerprint density at radius 2 is 1.86 bits per heavy atom. The van der Waals surface area contributed by atoms with Crippen molar-refractivity contribution >= 4 is 20.9 Å². The zero-order valence-corrected chi connectivity index (χ0v) is 20.3. The normalized spacial score (nSPS) is 18.0. The third kappa shape index (κ3) is 4.37. The van der Waals surface area contributed by atoms with Crippen LogP contribution in [-0.4, -0.2) is 30.2 Å². The molecule has 190 valence electrons. The highest BCUT2D eigenvalue weighted by atomic mass is 32.2. The molecule has 2 heterocycles. The zero-order valence-electron chi connectivity index (χ0n) is 19.4. The van der Waals surface area contributed by atoms with Crippen LogP contribution in [-0.2, 0) is 10.0 Å². The van der Waals surface area contributed by atoms with Crippen LogP contribution in [0.4, 0.5) is 17.6 Å². The number of rotatable bonds is 6. The van der Waals surface area contributed by atoms with Gasteiger partial charge in [-0.1, -0.05) is 12.8 Å². The third-order valence-corrected chi connectivity index (χ3v) is 8.58. The summed E-state index contributed by atoms with van der Waals surface area (Å²) in [4.78, 5) is 3.82. The Bertz CT molecular complexity index is 1460. The second-order valence-corrected chi connectivity index (χ2v) is 11.3. The molecule has 2 aromatic heterocycles. The lowest BCUT2D eigenvalue weighted by Crippen LogP contribution is -2.42. The minimum atomic E-state index is -4.74. The molecule has 0 bridgehead atoms. The van der Waals surface area contributed by atoms with Gasteiger partial charge in [0.05, 0.1) is 22.5 Å². The molecule has 1 N–H and O–H groups in total. The van der Waals surface area contributed by atoms with Gasteiger partial charge in [0, 0.05) is 17.6 Å². The summed E-state index contributed by atoms with van der Waals surface area (Å²) in [5, 5.41) is 10.5. The van der Waals surface area contributed by atoms with Gasteiger partial charge in [-0.05, 0) is 68.4 Å². The molecule has 2 fully saturated rings. The van der Waals surface area contributed by atoms with Crippen LogP contribution in [0.25, 0.3) is 22.3 Å². The van der Waals surface area contributed by atoms with Crippen LogP contribution in [0, 0.1) is 17.1 Å². The van der Waals surface area contributed by atoms with E-state index in [1.54, 1.807) is 4.72 Å². The van der Waals surface area contributed by atoms with E-state index in [-0.39, 0.29) is 23.3 Å². The van der Waals surface area contributed by atoms with Crippen LogP contribution in [0.1, 0.15) is 68.5 Å². The quantitative estimate of drug-likeness (QED) is 0.408. The fourth-order valence-electron chi connectivity index (χ4n) is 5.01. The second-order valence-electron chi connectivity index (χ2n) is 9.57. The second kappa shape index (κ2) is 8.85. The Morgan fingerprint density at radius 3 is 2.42 bits per heavy atom. The van der Waals surface area contributed by atoms with Crippen LogP contribution in [0.3, 0.4) is 0 Å². The molecule has 0 amide bonds. The summed E-state index contributed by atoms with van der Waals surface area (Å²) in [6.45, 7) is 0.716. The number of nitrogens with zero attached hydrogens (tertiary/aromatic N) is 3. The smallest absolute Gasteiger partial charge is 0.335 e. The van der Waals surface area contributed by atoms with Gasteiger partial charge in [-0.15, -0.1) is 0 Å². The number of nitriles is 1. The van der Waals surface area contributed by atoms with E-state index in [4.69, 9.17) is 0 Å². The van der Waals surface area contributed by atoms with Crippen molar-refractivity contribution in [1.82, 2.24) is 14.3 Å². The Hall–Kier alpha value is -2.97. The summed E-state index contributed by atoms with van der Waals surface area (Å²) >= 11 is 0. The summed E-state index contributed by atoms with van der Waals surface area (Å²) in [6.07, 6.45) is 1.86. The largest absolute Gasteiger partial charge is 0.404 e. The predicted octanol–water partition coefficient (Wildman–Crippen LogP) is 5.94. The molecule has 2 aliphatic carbocycles. The van der Waals surface area contributed by atoms with Crippen molar-refractivity contribution in [3.05, 3.63) is 47.4 Å². The minimum Gasteiger partial charge on any atom is -0.335 e. The van der Waals surface area contributed by atoms with Crippen LogP contribution in [0.5, 0.6) is 0 Å². The molecule has 3 aromatic rings. The Labute approximate surface area is 206 Å². The van der Waals surface area contributed by atoms with Crippen LogP contribution < -0.4 is 4.72 Å². The average Bonchev–Trinajstić information content (AvgIpc) is 3.42. The lowest BCUT2D eigenvalue weighted by Gasteiger charge is -2.19. The zero-order chi connectivity index (χ0) is 25.8. The van der Waals surface area contributed by atoms with E-state index in [2.05, 4.69) is 11.1 Å². The summed E-state index contributed by atoms with van der Waals surface area (Å²) < 4.78 is 82.1. The number of pyridine rings is 1. The molecule has 0 radical (unpaired) electrons. The highest BCUT2D eigenvalue weighted by Crippen LogP contribution is 2.46. The molecule has 0 aliphatic heterocycles. The first-order valence-electron chi connectivity index (χ1n) is 11.8. The molecule has 5 rings (SSSR count). The molecule has 6 nitrogen and oxygen atoms in total. The van der Waals surface area contributed by atoms with E-state index >= 15 is 0 Å². The van der Waals surface area contributed by atoms with Gasteiger partial charge in [-0.2, -0.15) is 23.2 Å². The van der Waals surface area contributed by atoms with Gasteiger partial charge in [0.15, 0.2) is 0 Å². The van der Waals surface area contributed by atoms with Crippen molar-refractivity contribution in [3.8, 4) is 17.5 Å². The molecule has 0 spiro atoms. The molecular formula is C25H24F4N4O2S.